The summed E-state index contributed by atoms with van der Waals surface area (Å²) in [7, 11) is 0. The number of hydrogen-bond donors (Lipinski definition) is 1. The van der Waals surface area contributed by atoms with Crippen LogP contribution in [0.3, 0.4) is 0 Å². The van der Waals surface area contributed by atoms with Crippen LogP contribution in [0.4, 0.5) is 5.82 Å². The Bertz CT molecular complexity index is 283. The molecule has 0 bridgehead atoms. The molecule has 1 aliphatic rings. The summed E-state index contributed by atoms with van der Waals surface area (Å²) in [5, 5.41) is 7.82. The Hall–Kier alpha value is -0.640. The molecule has 0 saturated heterocycles. The first kappa shape index (κ1) is 7.03. The van der Waals surface area contributed by atoms with Gasteiger partial charge in [0.2, 0.25) is 0 Å². The first-order chi connectivity index (χ1) is 5.27. The van der Waals surface area contributed by atoms with E-state index in [1.807, 2.05) is 6.07 Å². The number of nitrogens with two attached hydrogens (primary N) is 1. The number of hydrogen-bond acceptors (Lipinski definition) is 3. The Morgan fingerprint density at radius 3 is 2.73 bits per heavy atom. The van der Waals surface area contributed by atoms with Gasteiger partial charge in [0.15, 0.2) is 5.82 Å². The Kier molecular flexibility index (Phi) is 1.56. The van der Waals surface area contributed by atoms with Gasteiger partial charge >= 0.3 is 0 Å². The summed E-state index contributed by atoms with van der Waals surface area (Å²) < 4.78 is 0.856. The molecule has 0 unspecified atom stereocenters. The predicted molar refractivity (Wildman–Crippen MR) is 46.1 cm³/mol. The van der Waals surface area contributed by atoms with E-state index in [0.29, 0.717) is 11.7 Å². The Labute approximate surface area is 73.1 Å². The van der Waals surface area contributed by atoms with Crippen molar-refractivity contribution in [1.29, 1.82) is 0 Å². The van der Waals surface area contributed by atoms with Gasteiger partial charge in [-0.3, -0.25) is 0 Å². The molecule has 0 amide bonds. The molecule has 0 atom stereocenters. The van der Waals surface area contributed by atoms with Crippen LogP contribution >= 0.6 is 15.9 Å². The quantitative estimate of drug-likeness (QED) is 0.773. The van der Waals surface area contributed by atoms with Crippen LogP contribution in [0.5, 0.6) is 0 Å². The van der Waals surface area contributed by atoms with E-state index in [0.717, 1.165) is 10.2 Å². The van der Waals surface area contributed by atoms with Gasteiger partial charge < -0.3 is 5.73 Å². The highest BCUT2D eigenvalue weighted by Gasteiger charge is 2.25. The van der Waals surface area contributed by atoms with E-state index in [4.69, 9.17) is 5.73 Å². The molecule has 3 nitrogen and oxygen atoms in total. The second kappa shape index (κ2) is 2.44. The molecule has 1 heterocycles. The van der Waals surface area contributed by atoms with Crippen molar-refractivity contribution < 1.29 is 0 Å². The highest BCUT2D eigenvalue weighted by Crippen LogP contribution is 2.39. The van der Waals surface area contributed by atoms with Crippen molar-refractivity contribution in [2.75, 3.05) is 5.73 Å². The molecule has 1 aliphatic carbocycles. The summed E-state index contributed by atoms with van der Waals surface area (Å²) in [5.74, 6) is 1.11. The van der Waals surface area contributed by atoms with Crippen molar-refractivity contribution in [1.82, 2.24) is 10.2 Å². The summed E-state index contributed by atoms with van der Waals surface area (Å²) in [5.41, 5.74) is 6.55. The maximum Gasteiger partial charge on any atom is 0.160 e. The lowest BCUT2D eigenvalue weighted by Crippen LogP contribution is -1.97. The average molecular weight is 214 g/mol. The van der Waals surface area contributed by atoms with E-state index in [-0.39, 0.29) is 0 Å². The third kappa shape index (κ3) is 1.35. The monoisotopic (exact) mass is 213 g/mol. The Morgan fingerprint density at radius 2 is 2.18 bits per heavy atom. The number of aromatic nitrogens is 2. The zero-order valence-electron chi connectivity index (χ0n) is 5.92. The van der Waals surface area contributed by atoms with Crippen LogP contribution in [0.2, 0.25) is 0 Å². The van der Waals surface area contributed by atoms with Gasteiger partial charge in [-0.25, -0.2) is 0 Å². The van der Waals surface area contributed by atoms with E-state index in [2.05, 4.69) is 26.1 Å². The number of nitrogen functional groups attached to an aromatic ring is 1. The van der Waals surface area contributed by atoms with Gasteiger partial charge in [0.1, 0.15) is 0 Å². The van der Waals surface area contributed by atoms with E-state index >= 15 is 0 Å². The smallest absolute Gasteiger partial charge is 0.160 e. The Balaban J connectivity index is 2.36. The fraction of sp³-hybridized carbons (Fsp3) is 0.429. The molecule has 0 radical (unpaired) electrons. The highest BCUT2D eigenvalue weighted by atomic mass is 79.9. The third-order valence-corrected chi connectivity index (χ3v) is 2.42. The molecule has 1 saturated carbocycles. The van der Waals surface area contributed by atoms with Gasteiger partial charge in [-0.2, -0.15) is 5.10 Å². The molecule has 4 heteroatoms. The van der Waals surface area contributed by atoms with Crippen LogP contribution in [0.1, 0.15) is 24.5 Å². The first-order valence-electron chi connectivity index (χ1n) is 3.56. The van der Waals surface area contributed by atoms with Crippen LogP contribution in [-0.2, 0) is 0 Å². The minimum Gasteiger partial charge on any atom is -0.381 e. The topological polar surface area (TPSA) is 51.8 Å². The van der Waals surface area contributed by atoms with Crippen LogP contribution in [0.15, 0.2) is 10.5 Å². The predicted octanol–water partition coefficient (Wildman–Crippen LogP) is 1.70. The molecule has 58 valence electrons. The number of nitrogens with zero attached hydrogens (tertiary/aromatic N) is 2. The van der Waals surface area contributed by atoms with E-state index in [1.54, 1.807) is 0 Å². The fourth-order valence-electron chi connectivity index (χ4n) is 0.971. The van der Waals surface area contributed by atoms with Crippen LogP contribution in [0.25, 0.3) is 0 Å². The summed E-state index contributed by atoms with van der Waals surface area (Å²) in [4.78, 5) is 0. The zero-order valence-corrected chi connectivity index (χ0v) is 7.50. The molecule has 11 heavy (non-hydrogen) atoms. The summed E-state index contributed by atoms with van der Waals surface area (Å²) in [6.45, 7) is 0. The normalized spacial score (nSPS) is 16.8. The average Bonchev–Trinajstić information content (AvgIpc) is 2.77. The van der Waals surface area contributed by atoms with Crippen molar-refractivity contribution in [2.24, 2.45) is 0 Å². The molecule has 0 spiro atoms. The molecular weight excluding hydrogens is 206 g/mol. The maximum atomic E-state index is 5.49. The van der Waals surface area contributed by atoms with Crippen LogP contribution in [-0.4, -0.2) is 10.2 Å². The van der Waals surface area contributed by atoms with Crippen LogP contribution in [0, 0.1) is 0 Å². The fourth-order valence-corrected chi connectivity index (χ4v) is 1.28. The van der Waals surface area contributed by atoms with Gasteiger partial charge in [-0.15, -0.1) is 5.10 Å². The number of anilines is 1. The minimum absolute atomic E-state index is 0.467. The summed E-state index contributed by atoms with van der Waals surface area (Å²) in [6, 6.07) is 1.96. The van der Waals surface area contributed by atoms with E-state index in [9.17, 15) is 0 Å². The van der Waals surface area contributed by atoms with E-state index < -0.39 is 0 Å². The number of rotatable bonds is 1. The zero-order chi connectivity index (χ0) is 7.84. The van der Waals surface area contributed by atoms with Crippen molar-refractivity contribution in [3.63, 3.8) is 0 Å². The summed E-state index contributed by atoms with van der Waals surface area (Å²) >= 11 is 3.31. The molecule has 2 N–H and O–H groups in total. The molecule has 2 rings (SSSR count). The maximum absolute atomic E-state index is 5.49. The molecule has 1 aromatic rings. The van der Waals surface area contributed by atoms with Gasteiger partial charge in [0.05, 0.1) is 10.2 Å². The first-order valence-corrected chi connectivity index (χ1v) is 4.35. The van der Waals surface area contributed by atoms with Gasteiger partial charge in [0, 0.05) is 5.92 Å². The lowest BCUT2D eigenvalue weighted by Gasteiger charge is -1.98. The lowest BCUT2D eigenvalue weighted by atomic mass is 10.3. The second-order valence-corrected chi connectivity index (χ2v) is 3.63. The van der Waals surface area contributed by atoms with Crippen molar-refractivity contribution in [3.05, 3.63) is 16.2 Å². The minimum atomic E-state index is 0.467. The Morgan fingerprint density at radius 1 is 1.45 bits per heavy atom. The van der Waals surface area contributed by atoms with Crippen LogP contribution < -0.4 is 5.73 Å². The van der Waals surface area contributed by atoms with Crippen molar-refractivity contribution in [2.45, 2.75) is 18.8 Å². The second-order valence-electron chi connectivity index (χ2n) is 2.78. The standard InChI is InChI=1S/C7H8BrN3/c8-5-3-6(4-1-2-4)10-11-7(5)9/h3-4H,1-2H2,(H2,9,11). The lowest BCUT2D eigenvalue weighted by molar-refractivity contribution is 0.912. The van der Waals surface area contributed by atoms with Gasteiger partial charge in [-0.05, 0) is 34.8 Å². The SMILES string of the molecule is Nc1nnc(C2CC2)cc1Br. The molecule has 0 aliphatic heterocycles. The number of halogens is 1. The molecule has 1 fully saturated rings. The molecule has 0 aromatic carbocycles. The van der Waals surface area contributed by atoms with Crippen molar-refractivity contribution >= 4 is 21.7 Å². The highest BCUT2D eigenvalue weighted by molar-refractivity contribution is 9.10. The largest absolute Gasteiger partial charge is 0.381 e. The molecule has 1 aromatic heterocycles. The van der Waals surface area contributed by atoms with Crippen molar-refractivity contribution in [3.8, 4) is 0 Å². The van der Waals surface area contributed by atoms with E-state index in [1.165, 1.54) is 12.8 Å². The summed E-state index contributed by atoms with van der Waals surface area (Å²) in [6.07, 6.45) is 2.48. The van der Waals surface area contributed by atoms with Gasteiger partial charge in [-0.1, -0.05) is 0 Å². The molecular formula is C7H8BrN3. The third-order valence-electron chi connectivity index (χ3n) is 1.79. The van der Waals surface area contributed by atoms with Gasteiger partial charge in [0.25, 0.3) is 0 Å².